The van der Waals surface area contributed by atoms with E-state index >= 15 is 0 Å². The van der Waals surface area contributed by atoms with E-state index in [0.29, 0.717) is 16.5 Å². The maximum atomic E-state index is 11.7. The van der Waals surface area contributed by atoms with Gasteiger partial charge in [0.15, 0.2) is 5.78 Å². The van der Waals surface area contributed by atoms with Gasteiger partial charge in [0.05, 0.1) is 10.5 Å². The number of nitrogens with zero attached hydrogens (tertiary/aromatic N) is 3. The summed E-state index contributed by atoms with van der Waals surface area (Å²) in [7, 11) is 0. The first kappa shape index (κ1) is 11.9. The van der Waals surface area contributed by atoms with E-state index in [1.807, 2.05) is 12.1 Å². The molecular weight excluding hydrogens is 262 g/mol. The van der Waals surface area contributed by atoms with Gasteiger partial charge in [-0.1, -0.05) is 17.7 Å². The van der Waals surface area contributed by atoms with E-state index in [2.05, 4.69) is 9.97 Å². The second-order valence-corrected chi connectivity index (χ2v) is 4.56. The van der Waals surface area contributed by atoms with Gasteiger partial charge in [0.2, 0.25) is 5.95 Å². The molecule has 3 aromatic rings. The monoisotopic (exact) mass is 271 g/mol. The van der Waals surface area contributed by atoms with Gasteiger partial charge >= 0.3 is 0 Å². The fourth-order valence-electron chi connectivity index (χ4n) is 2.09. The largest absolute Gasteiger partial charge is 0.294 e. The van der Waals surface area contributed by atoms with Gasteiger partial charge in [0, 0.05) is 29.5 Å². The summed E-state index contributed by atoms with van der Waals surface area (Å²) in [6, 6.07) is 7.25. The molecule has 19 heavy (non-hydrogen) atoms. The summed E-state index contributed by atoms with van der Waals surface area (Å²) < 4.78 is 1.78. The SMILES string of the molecule is CC(=O)c1cn(-c2ncccn2)c2cccc(Cl)c12. The molecule has 0 unspecified atom stereocenters. The Kier molecular flexibility index (Phi) is 2.80. The summed E-state index contributed by atoms with van der Waals surface area (Å²) >= 11 is 6.20. The van der Waals surface area contributed by atoms with Crippen LogP contribution in [0.2, 0.25) is 5.02 Å². The molecular formula is C14H10ClN3O. The van der Waals surface area contributed by atoms with Crippen molar-refractivity contribution >= 4 is 28.3 Å². The third-order valence-electron chi connectivity index (χ3n) is 2.93. The Balaban J connectivity index is 2.39. The molecule has 0 amide bonds. The lowest BCUT2D eigenvalue weighted by Crippen LogP contribution is -1.98. The van der Waals surface area contributed by atoms with E-state index in [-0.39, 0.29) is 5.78 Å². The number of carbonyl (C=O) groups is 1. The number of fused-ring (bicyclic) bond motifs is 1. The van der Waals surface area contributed by atoms with E-state index < -0.39 is 0 Å². The van der Waals surface area contributed by atoms with Crippen LogP contribution < -0.4 is 0 Å². The molecule has 0 saturated heterocycles. The lowest BCUT2D eigenvalue weighted by atomic mass is 10.1. The average Bonchev–Trinajstić information content (AvgIpc) is 2.81. The van der Waals surface area contributed by atoms with Crippen molar-refractivity contribution in [2.45, 2.75) is 6.92 Å². The molecule has 0 bridgehead atoms. The molecule has 1 aromatic carbocycles. The maximum absolute atomic E-state index is 11.7. The summed E-state index contributed by atoms with van der Waals surface area (Å²) in [5.41, 5.74) is 1.40. The quantitative estimate of drug-likeness (QED) is 0.672. The molecule has 0 aliphatic carbocycles. The van der Waals surface area contributed by atoms with Crippen LogP contribution in [0.4, 0.5) is 0 Å². The summed E-state index contributed by atoms with van der Waals surface area (Å²) in [4.78, 5) is 20.1. The minimum absolute atomic E-state index is 0.0345. The number of ketones is 1. The smallest absolute Gasteiger partial charge is 0.234 e. The highest BCUT2D eigenvalue weighted by Gasteiger charge is 2.16. The molecule has 2 heterocycles. The number of halogens is 1. The minimum Gasteiger partial charge on any atom is -0.294 e. The van der Waals surface area contributed by atoms with Crippen LogP contribution in [-0.4, -0.2) is 20.3 Å². The molecule has 0 spiro atoms. The van der Waals surface area contributed by atoms with Crippen LogP contribution in [0.5, 0.6) is 0 Å². The predicted octanol–water partition coefficient (Wildman–Crippen LogP) is 3.28. The number of hydrogen-bond donors (Lipinski definition) is 0. The molecule has 0 saturated carbocycles. The molecule has 0 fully saturated rings. The topological polar surface area (TPSA) is 47.8 Å². The Hall–Kier alpha value is -2.20. The first-order chi connectivity index (χ1) is 9.18. The van der Waals surface area contributed by atoms with E-state index in [1.54, 1.807) is 35.3 Å². The Morgan fingerprint density at radius 1 is 1.21 bits per heavy atom. The van der Waals surface area contributed by atoms with Crippen molar-refractivity contribution in [2.24, 2.45) is 0 Å². The van der Waals surface area contributed by atoms with E-state index in [4.69, 9.17) is 11.6 Å². The van der Waals surface area contributed by atoms with Crippen LogP contribution in [0.3, 0.4) is 0 Å². The van der Waals surface area contributed by atoms with Gasteiger partial charge in [-0.3, -0.25) is 9.36 Å². The summed E-state index contributed by atoms with van der Waals surface area (Å²) in [6.07, 6.45) is 5.05. The Morgan fingerprint density at radius 3 is 2.63 bits per heavy atom. The molecule has 4 nitrogen and oxygen atoms in total. The number of Topliss-reactive ketones (excluding diaryl/α,β-unsaturated/α-hetero) is 1. The number of carbonyl (C=O) groups excluding carboxylic acids is 1. The summed E-state index contributed by atoms with van der Waals surface area (Å²) in [5.74, 6) is 0.482. The van der Waals surface area contributed by atoms with E-state index in [9.17, 15) is 4.79 Å². The van der Waals surface area contributed by atoms with E-state index in [0.717, 1.165) is 10.9 Å². The maximum Gasteiger partial charge on any atom is 0.234 e. The lowest BCUT2D eigenvalue weighted by molar-refractivity contribution is 0.101. The molecule has 5 heteroatoms. The fraction of sp³-hybridized carbons (Fsp3) is 0.0714. The summed E-state index contributed by atoms with van der Waals surface area (Å²) in [6.45, 7) is 1.52. The molecule has 94 valence electrons. The third-order valence-corrected chi connectivity index (χ3v) is 3.24. The van der Waals surface area contributed by atoms with Gasteiger partial charge in [-0.2, -0.15) is 0 Å². The Morgan fingerprint density at radius 2 is 1.95 bits per heavy atom. The second kappa shape index (κ2) is 4.48. The molecule has 2 aromatic heterocycles. The van der Waals surface area contributed by atoms with Crippen molar-refractivity contribution in [2.75, 3.05) is 0 Å². The number of benzene rings is 1. The molecule has 0 aliphatic rings. The number of hydrogen-bond acceptors (Lipinski definition) is 3. The first-order valence-corrected chi connectivity index (χ1v) is 6.14. The molecule has 0 N–H and O–H groups in total. The van der Waals surface area contributed by atoms with Crippen LogP contribution in [0.25, 0.3) is 16.9 Å². The molecule has 3 rings (SSSR count). The van der Waals surface area contributed by atoms with Crippen molar-refractivity contribution in [1.29, 1.82) is 0 Å². The Bertz CT molecular complexity index is 765. The van der Waals surface area contributed by atoms with Crippen molar-refractivity contribution in [3.8, 4) is 5.95 Å². The lowest BCUT2D eigenvalue weighted by Gasteiger charge is -2.02. The highest BCUT2D eigenvalue weighted by molar-refractivity contribution is 6.36. The van der Waals surface area contributed by atoms with Gasteiger partial charge in [0.1, 0.15) is 0 Å². The van der Waals surface area contributed by atoms with Gasteiger partial charge in [-0.05, 0) is 25.1 Å². The van der Waals surface area contributed by atoms with Crippen LogP contribution in [-0.2, 0) is 0 Å². The fourth-order valence-corrected chi connectivity index (χ4v) is 2.36. The van der Waals surface area contributed by atoms with Crippen LogP contribution >= 0.6 is 11.6 Å². The van der Waals surface area contributed by atoms with Crippen LogP contribution in [0.1, 0.15) is 17.3 Å². The van der Waals surface area contributed by atoms with E-state index in [1.165, 1.54) is 6.92 Å². The van der Waals surface area contributed by atoms with Gasteiger partial charge < -0.3 is 0 Å². The predicted molar refractivity (Wildman–Crippen MR) is 73.9 cm³/mol. The number of rotatable bonds is 2. The summed E-state index contributed by atoms with van der Waals surface area (Å²) in [5, 5.41) is 1.29. The minimum atomic E-state index is -0.0345. The van der Waals surface area contributed by atoms with Crippen molar-refractivity contribution in [3.05, 3.63) is 53.4 Å². The van der Waals surface area contributed by atoms with Gasteiger partial charge in [-0.25, -0.2) is 9.97 Å². The van der Waals surface area contributed by atoms with Crippen LogP contribution in [0, 0.1) is 0 Å². The third kappa shape index (κ3) is 1.90. The molecule has 0 radical (unpaired) electrons. The zero-order chi connectivity index (χ0) is 13.4. The highest BCUT2D eigenvalue weighted by atomic mass is 35.5. The van der Waals surface area contributed by atoms with Gasteiger partial charge in [0.25, 0.3) is 0 Å². The zero-order valence-electron chi connectivity index (χ0n) is 10.2. The highest BCUT2D eigenvalue weighted by Crippen LogP contribution is 2.30. The van der Waals surface area contributed by atoms with Crippen molar-refractivity contribution < 1.29 is 4.79 Å². The van der Waals surface area contributed by atoms with Gasteiger partial charge in [-0.15, -0.1) is 0 Å². The number of aromatic nitrogens is 3. The van der Waals surface area contributed by atoms with Crippen LogP contribution in [0.15, 0.2) is 42.9 Å². The van der Waals surface area contributed by atoms with Crippen molar-refractivity contribution in [3.63, 3.8) is 0 Å². The Labute approximate surface area is 114 Å². The van der Waals surface area contributed by atoms with Crippen molar-refractivity contribution in [1.82, 2.24) is 14.5 Å². The molecule has 0 aliphatic heterocycles. The molecule has 0 atom stereocenters. The normalized spacial score (nSPS) is 10.8. The first-order valence-electron chi connectivity index (χ1n) is 5.76. The zero-order valence-corrected chi connectivity index (χ0v) is 10.9. The second-order valence-electron chi connectivity index (χ2n) is 4.15. The average molecular weight is 272 g/mol. The standard InChI is InChI=1S/C14H10ClN3O/c1-9(19)10-8-18(14-16-6-3-7-17-14)12-5-2-4-11(15)13(10)12/h2-8H,1H3.